The zero-order valence-corrected chi connectivity index (χ0v) is 16.9. The summed E-state index contributed by atoms with van der Waals surface area (Å²) in [6.45, 7) is -0.0948. The Kier molecular flexibility index (Phi) is 5.66. The highest BCUT2D eigenvalue weighted by molar-refractivity contribution is 9.10. The van der Waals surface area contributed by atoms with Gasteiger partial charge in [-0.15, -0.1) is 0 Å². The van der Waals surface area contributed by atoms with E-state index in [0.717, 1.165) is 27.0 Å². The van der Waals surface area contributed by atoms with E-state index in [0.29, 0.717) is 22.8 Å². The molecule has 8 heteroatoms. The number of benzene rings is 2. The van der Waals surface area contributed by atoms with Crippen LogP contribution >= 0.6 is 15.9 Å². The van der Waals surface area contributed by atoms with Crippen LogP contribution in [0.4, 0.5) is 23.0 Å². The highest BCUT2D eigenvalue weighted by atomic mass is 79.9. The van der Waals surface area contributed by atoms with Gasteiger partial charge >= 0.3 is 0 Å². The lowest BCUT2D eigenvalue weighted by atomic mass is 10.2. The summed E-state index contributed by atoms with van der Waals surface area (Å²) in [4.78, 5) is 13.6. The number of aliphatic hydroxyl groups is 2. The fourth-order valence-corrected chi connectivity index (χ4v) is 3.18. The maximum absolute atomic E-state index is 9.40. The molecule has 2 heterocycles. The maximum Gasteiger partial charge on any atom is 0.180 e. The first kappa shape index (κ1) is 19.3. The molecule has 0 unspecified atom stereocenters. The van der Waals surface area contributed by atoms with Crippen LogP contribution in [0.5, 0.6) is 0 Å². The van der Waals surface area contributed by atoms with Crippen molar-refractivity contribution in [3.63, 3.8) is 0 Å². The molecule has 0 aliphatic heterocycles. The van der Waals surface area contributed by atoms with E-state index in [2.05, 4.69) is 41.5 Å². The van der Waals surface area contributed by atoms with Gasteiger partial charge in [0.05, 0.1) is 13.2 Å². The molecule has 2 aromatic heterocycles. The zero-order valence-electron chi connectivity index (χ0n) is 15.3. The summed E-state index contributed by atoms with van der Waals surface area (Å²) in [6, 6.07) is 16.7. The molecule has 0 bridgehead atoms. The van der Waals surface area contributed by atoms with Gasteiger partial charge in [-0.3, -0.25) is 0 Å². The third-order valence-electron chi connectivity index (χ3n) is 4.23. The number of anilines is 4. The first-order chi connectivity index (χ1) is 14.1. The van der Waals surface area contributed by atoms with Gasteiger partial charge < -0.3 is 20.8 Å². The summed E-state index contributed by atoms with van der Waals surface area (Å²) in [5.41, 5.74) is 4.27. The molecule has 0 saturated heterocycles. The van der Waals surface area contributed by atoms with Gasteiger partial charge in [0.2, 0.25) is 0 Å². The van der Waals surface area contributed by atoms with Crippen LogP contribution in [0.1, 0.15) is 11.1 Å². The average molecular weight is 452 g/mol. The molecule has 2 aromatic carbocycles. The van der Waals surface area contributed by atoms with Gasteiger partial charge in [-0.05, 0) is 57.4 Å². The van der Waals surface area contributed by atoms with Crippen molar-refractivity contribution >= 4 is 50.1 Å². The second-order valence-electron chi connectivity index (χ2n) is 6.38. The van der Waals surface area contributed by atoms with Crippen molar-refractivity contribution in [2.45, 2.75) is 13.2 Å². The number of nitrogens with zero attached hydrogens (tertiary/aromatic N) is 3. The Morgan fingerprint density at radius 3 is 1.97 bits per heavy atom. The quantitative estimate of drug-likeness (QED) is 0.347. The molecule has 0 aliphatic carbocycles. The van der Waals surface area contributed by atoms with Crippen LogP contribution < -0.4 is 10.6 Å². The van der Waals surface area contributed by atoms with E-state index in [1.165, 1.54) is 0 Å². The Morgan fingerprint density at radius 2 is 1.38 bits per heavy atom. The maximum atomic E-state index is 9.40. The van der Waals surface area contributed by atoms with Crippen LogP contribution in [0.2, 0.25) is 0 Å². The fraction of sp³-hybridized carbons (Fsp3) is 0.0952. The van der Waals surface area contributed by atoms with Gasteiger partial charge in [0.15, 0.2) is 17.3 Å². The summed E-state index contributed by atoms with van der Waals surface area (Å²) in [6.07, 6.45) is 1.67. The molecule has 4 rings (SSSR count). The van der Waals surface area contributed by atoms with Crippen LogP contribution in [0.15, 0.2) is 65.3 Å². The van der Waals surface area contributed by atoms with Crippen molar-refractivity contribution in [3.05, 3.63) is 76.4 Å². The number of rotatable bonds is 6. The van der Waals surface area contributed by atoms with Gasteiger partial charge in [0.25, 0.3) is 0 Å². The average Bonchev–Trinajstić information content (AvgIpc) is 2.74. The minimum Gasteiger partial charge on any atom is -0.392 e. The van der Waals surface area contributed by atoms with E-state index in [-0.39, 0.29) is 13.2 Å². The number of halogens is 1. The standard InChI is InChI=1S/C21H18BrN5O2/c22-15-9-18-19(23-10-15)27-21(25-17-6-2-4-14(8-17)12-29)20(26-18)24-16-5-1-3-13(7-16)11-28/h1-10,28-29H,11-12H2,(H,24,26)(H,23,25,27). The van der Waals surface area contributed by atoms with Crippen LogP contribution in [0, 0.1) is 0 Å². The molecule has 0 fully saturated rings. The van der Waals surface area contributed by atoms with Gasteiger partial charge in [0.1, 0.15) is 5.52 Å². The number of hydrogen-bond acceptors (Lipinski definition) is 7. The van der Waals surface area contributed by atoms with Crippen molar-refractivity contribution < 1.29 is 10.2 Å². The number of nitrogens with one attached hydrogen (secondary N) is 2. The third-order valence-corrected chi connectivity index (χ3v) is 4.67. The lowest BCUT2D eigenvalue weighted by Crippen LogP contribution is -2.04. The summed E-state index contributed by atoms with van der Waals surface area (Å²) in [5, 5.41) is 25.3. The highest BCUT2D eigenvalue weighted by Gasteiger charge is 2.12. The molecule has 0 spiro atoms. The van der Waals surface area contributed by atoms with Gasteiger partial charge in [-0.2, -0.15) is 0 Å². The zero-order chi connectivity index (χ0) is 20.2. The molecule has 146 valence electrons. The number of pyridine rings is 1. The molecule has 0 radical (unpaired) electrons. The third kappa shape index (κ3) is 4.51. The highest BCUT2D eigenvalue weighted by Crippen LogP contribution is 2.28. The van der Waals surface area contributed by atoms with Gasteiger partial charge in [0, 0.05) is 22.0 Å². The van der Waals surface area contributed by atoms with Crippen LogP contribution in [-0.2, 0) is 13.2 Å². The summed E-state index contributed by atoms with van der Waals surface area (Å²) < 4.78 is 0.809. The monoisotopic (exact) mass is 451 g/mol. The Bertz CT molecular complexity index is 1170. The lowest BCUT2D eigenvalue weighted by molar-refractivity contribution is 0.281. The summed E-state index contributed by atoms with van der Waals surface area (Å²) >= 11 is 3.41. The van der Waals surface area contributed by atoms with Crippen molar-refractivity contribution in [3.8, 4) is 0 Å². The molecular formula is C21H18BrN5O2. The molecule has 0 aliphatic rings. The first-order valence-electron chi connectivity index (χ1n) is 8.91. The van der Waals surface area contributed by atoms with Crippen molar-refractivity contribution in [1.29, 1.82) is 0 Å². The predicted octanol–water partition coefficient (Wildman–Crippen LogP) is 4.26. The SMILES string of the molecule is OCc1cccc(Nc2nc3cc(Br)cnc3nc2Nc2cccc(CO)c2)c1. The van der Waals surface area contributed by atoms with Crippen molar-refractivity contribution in [1.82, 2.24) is 15.0 Å². The molecule has 29 heavy (non-hydrogen) atoms. The number of fused-ring (bicyclic) bond motifs is 1. The molecule has 7 nitrogen and oxygen atoms in total. The molecule has 0 saturated carbocycles. The summed E-state index contributed by atoms with van der Waals surface area (Å²) in [5.74, 6) is 1.01. The van der Waals surface area contributed by atoms with E-state index < -0.39 is 0 Å². The van der Waals surface area contributed by atoms with E-state index in [1.54, 1.807) is 6.20 Å². The topological polar surface area (TPSA) is 103 Å². The Balaban J connectivity index is 1.77. The van der Waals surface area contributed by atoms with Crippen LogP contribution in [0.3, 0.4) is 0 Å². The number of hydrogen-bond donors (Lipinski definition) is 4. The largest absolute Gasteiger partial charge is 0.392 e. The van der Waals surface area contributed by atoms with Crippen LogP contribution in [-0.4, -0.2) is 25.2 Å². The smallest absolute Gasteiger partial charge is 0.180 e. The first-order valence-corrected chi connectivity index (χ1v) is 9.71. The Hall–Kier alpha value is -3.07. The van der Waals surface area contributed by atoms with E-state index in [9.17, 15) is 10.2 Å². The lowest BCUT2D eigenvalue weighted by Gasteiger charge is -2.14. The molecule has 4 aromatic rings. The second kappa shape index (κ2) is 8.52. The Labute approximate surface area is 175 Å². The van der Waals surface area contributed by atoms with Crippen molar-refractivity contribution in [2.75, 3.05) is 10.6 Å². The van der Waals surface area contributed by atoms with Gasteiger partial charge in [-0.25, -0.2) is 15.0 Å². The number of aromatic nitrogens is 3. The molecule has 0 amide bonds. The van der Waals surface area contributed by atoms with Crippen LogP contribution in [0.25, 0.3) is 11.2 Å². The fourth-order valence-electron chi connectivity index (χ4n) is 2.86. The van der Waals surface area contributed by atoms with Crippen molar-refractivity contribution in [2.24, 2.45) is 0 Å². The Morgan fingerprint density at radius 1 is 0.793 bits per heavy atom. The summed E-state index contributed by atoms with van der Waals surface area (Å²) in [7, 11) is 0. The number of aliphatic hydroxyl groups excluding tert-OH is 2. The van der Waals surface area contributed by atoms with E-state index >= 15 is 0 Å². The molecule has 0 atom stereocenters. The van der Waals surface area contributed by atoms with E-state index in [1.807, 2.05) is 54.6 Å². The minimum atomic E-state index is -0.0481. The normalized spacial score (nSPS) is 10.9. The predicted molar refractivity (Wildman–Crippen MR) is 116 cm³/mol. The van der Waals surface area contributed by atoms with E-state index in [4.69, 9.17) is 0 Å². The minimum absolute atomic E-state index is 0.0468. The molecule has 4 N–H and O–H groups in total. The van der Waals surface area contributed by atoms with Gasteiger partial charge in [-0.1, -0.05) is 24.3 Å². The molecular weight excluding hydrogens is 434 g/mol. The second-order valence-corrected chi connectivity index (χ2v) is 7.30.